The maximum atomic E-state index is 13.4. The highest BCUT2D eigenvalue weighted by Crippen LogP contribution is 2.57. The Labute approximate surface area is 250 Å². The van der Waals surface area contributed by atoms with E-state index in [-0.39, 0.29) is 60.0 Å². The lowest BCUT2D eigenvalue weighted by Gasteiger charge is -2.34. The summed E-state index contributed by atoms with van der Waals surface area (Å²) in [5.74, 6) is 0.0473. The molecule has 5 rings (SSSR count). The number of nitrogens with zero attached hydrogens (tertiary/aromatic N) is 4. The van der Waals surface area contributed by atoms with Crippen LogP contribution >= 0.6 is 13.5 Å². The molecular weight excluding hydrogens is 591 g/mol. The van der Waals surface area contributed by atoms with Gasteiger partial charge in [-0.2, -0.15) is 26.7 Å². The Morgan fingerprint density at radius 2 is 1.83 bits per heavy atom. The number of amides is 1. The van der Waals surface area contributed by atoms with Gasteiger partial charge in [-0.25, -0.2) is 22.8 Å². The first kappa shape index (κ1) is 31.7. The number of aromatic nitrogens is 3. The average molecular weight is 626 g/mol. The number of anilines is 1. The number of halogens is 3. The molecule has 0 radical (unpaired) electrons. The van der Waals surface area contributed by atoms with Crippen LogP contribution in [0.2, 0.25) is 0 Å². The van der Waals surface area contributed by atoms with Gasteiger partial charge in [-0.05, 0) is 69.7 Å². The molecule has 0 spiro atoms. The number of hydrogen-bond acceptors (Lipinski definition) is 7. The Bertz CT molecular complexity index is 1590. The van der Waals surface area contributed by atoms with Gasteiger partial charge in [-0.15, -0.1) is 5.10 Å². The van der Waals surface area contributed by atoms with Crippen LogP contribution in [0.1, 0.15) is 56.0 Å². The lowest BCUT2D eigenvalue weighted by Crippen LogP contribution is -2.41. The summed E-state index contributed by atoms with van der Waals surface area (Å²) in [4.78, 5) is 20.1. The summed E-state index contributed by atoms with van der Waals surface area (Å²) in [7, 11) is -4.16. The summed E-state index contributed by atoms with van der Waals surface area (Å²) in [6, 6.07) is 10.8. The Morgan fingerprint density at radius 1 is 1.14 bits per heavy atom. The number of ether oxygens (including phenoxy) is 1. The maximum Gasteiger partial charge on any atom is 0.397 e. The summed E-state index contributed by atoms with van der Waals surface area (Å²) < 4.78 is 74.9. The van der Waals surface area contributed by atoms with Gasteiger partial charge in [0.05, 0.1) is 10.5 Å². The van der Waals surface area contributed by atoms with E-state index in [4.69, 9.17) is 9.72 Å². The quantitative estimate of drug-likeness (QED) is 0.369. The van der Waals surface area contributed by atoms with Gasteiger partial charge in [0.15, 0.2) is 5.82 Å². The van der Waals surface area contributed by atoms with E-state index in [2.05, 4.69) is 16.7 Å². The molecule has 1 atom stereocenters. The highest BCUT2D eigenvalue weighted by molar-refractivity contribution is 7.90. The summed E-state index contributed by atoms with van der Waals surface area (Å²) >= 11 is 0. The highest BCUT2D eigenvalue weighted by Gasteiger charge is 2.64. The van der Waals surface area contributed by atoms with Gasteiger partial charge in [0.2, 0.25) is 5.88 Å². The minimum absolute atomic E-state index is 0. The Morgan fingerprint density at radius 3 is 2.43 bits per heavy atom. The fraction of sp³-hybridized carbons (Fsp3) is 0.464. The molecule has 2 fully saturated rings. The first-order valence-corrected chi connectivity index (χ1v) is 14.8. The molecule has 9 nitrogen and oxygen atoms in total. The van der Waals surface area contributed by atoms with Crippen molar-refractivity contribution in [2.45, 2.75) is 63.6 Å². The highest BCUT2D eigenvalue weighted by atomic mass is 32.2. The van der Waals surface area contributed by atoms with Crippen LogP contribution in [0, 0.1) is 18.3 Å². The smallest absolute Gasteiger partial charge is 0.397 e. The summed E-state index contributed by atoms with van der Waals surface area (Å²) in [6.07, 6.45) is -1.96. The number of pyridine rings is 1. The number of carbonyl (C=O) groups is 1. The molecule has 3 heterocycles. The predicted molar refractivity (Wildman–Crippen MR) is 156 cm³/mol. The lowest BCUT2D eigenvalue weighted by molar-refractivity contribution is -0.194. The molecule has 1 aliphatic heterocycles. The monoisotopic (exact) mass is 625 g/mol. The summed E-state index contributed by atoms with van der Waals surface area (Å²) in [6.45, 7) is 7.83. The van der Waals surface area contributed by atoms with Gasteiger partial charge in [0.25, 0.3) is 15.9 Å². The number of aryl methyl sites for hydroxylation is 1. The molecule has 228 valence electrons. The second-order valence-electron chi connectivity index (χ2n) is 11.6. The number of benzene rings is 1. The minimum atomic E-state index is -4.34. The third-order valence-electron chi connectivity index (χ3n) is 7.79. The molecule has 0 unspecified atom stereocenters. The summed E-state index contributed by atoms with van der Waals surface area (Å²) in [5.41, 5.74) is -1.65. The molecule has 1 amide bonds. The van der Waals surface area contributed by atoms with Crippen molar-refractivity contribution in [3.8, 4) is 11.7 Å². The van der Waals surface area contributed by atoms with E-state index in [9.17, 15) is 26.4 Å². The van der Waals surface area contributed by atoms with E-state index in [0.29, 0.717) is 17.9 Å². The molecule has 42 heavy (non-hydrogen) atoms. The van der Waals surface area contributed by atoms with Crippen molar-refractivity contribution in [3.05, 3.63) is 59.8 Å². The van der Waals surface area contributed by atoms with Crippen molar-refractivity contribution in [2.75, 3.05) is 18.1 Å². The first-order chi connectivity index (χ1) is 19.1. The number of hydrogen-bond donors (Lipinski definition) is 1. The number of carbonyl (C=O) groups excluding carboxylic acids is 1. The van der Waals surface area contributed by atoms with E-state index in [0.717, 1.165) is 6.42 Å². The van der Waals surface area contributed by atoms with Crippen molar-refractivity contribution >= 4 is 35.2 Å². The van der Waals surface area contributed by atoms with Crippen LogP contribution in [0.3, 0.4) is 0 Å². The average Bonchev–Trinajstić information content (AvgIpc) is 3.45. The molecule has 1 aliphatic carbocycles. The fourth-order valence-electron chi connectivity index (χ4n) is 5.38. The second kappa shape index (κ2) is 11.1. The summed E-state index contributed by atoms with van der Waals surface area (Å²) in [5, 5.41) is 4.25. The molecule has 1 saturated carbocycles. The number of alkyl halides is 3. The molecule has 2 aliphatic rings. The molecule has 0 bridgehead atoms. The van der Waals surface area contributed by atoms with Crippen LogP contribution in [0.5, 0.6) is 5.88 Å². The van der Waals surface area contributed by atoms with Gasteiger partial charge in [0.1, 0.15) is 17.8 Å². The standard InChI is InChI=1S/C28H32F3N5O4S.H2S/c1-18-15-26(3,4)35(16-18)24-20(25(37)34-41(38,39)21-8-6-5-7-19(21)2)9-10-22(32-24)36-14-11-23(33-36)40-17-27(12-13-27)28(29,30)31;/h5-11,14,18H,12-13,15-17H2,1-4H3,(H,34,37);1H2/t18-;/m0./s1. The van der Waals surface area contributed by atoms with Crippen LogP contribution in [-0.4, -0.2) is 54.0 Å². The molecule has 1 N–H and O–H groups in total. The molecule has 2 aromatic heterocycles. The normalized spacial score (nSPS) is 19.2. The Balaban J connectivity index is 0.00000405. The maximum absolute atomic E-state index is 13.4. The third-order valence-corrected chi connectivity index (χ3v) is 9.29. The van der Waals surface area contributed by atoms with Crippen LogP contribution in [-0.2, 0) is 10.0 Å². The van der Waals surface area contributed by atoms with Gasteiger partial charge in [0, 0.05) is 24.3 Å². The van der Waals surface area contributed by atoms with Gasteiger partial charge >= 0.3 is 6.18 Å². The number of sulfonamides is 1. The number of nitrogens with one attached hydrogen (secondary N) is 1. The zero-order chi connectivity index (χ0) is 29.8. The van der Waals surface area contributed by atoms with Crippen LogP contribution in [0.25, 0.3) is 5.82 Å². The van der Waals surface area contributed by atoms with E-state index >= 15 is 0 Å². The zero-order valence-corrected chi connectivity index (χ0v) is 25.5. The Kier molecular flexibility index (Phi) is 8.37. The molecule has 14 heteroatoms. The first-order valence-electron chi connectivity index (χ1n) is 13.3. The SMILES string of the molecule is Cc1ccccc1S(=O)(=O)NC(=O)c1ccc(-n2ccc(OCC3(C(F)(F)F)CC3)n2)nc1N1C[C@@H](C)CC1(C)C.S. The molecule has 3 aromatic rings. The molecule has 1 saturated heterocycles. The number of rotatable bonds is 8. The van der Waals surface area contributed by atoms with E-state index in [1.807, 2.05) is 18.7 Å². The second-order valence-corrected chi connectivity index (χ2v) is 13.3. The van der Waals surface area contributed by atoms with Crippen molar-refractivity contribution in [1.29, 1.82) is 0 Å². The van der Waals surface area contributed by atoms with Gasteiger partial charge < -0.3 is 9.64 Å². The van der Waals surface area contributed by atoms with E-state index in [1.54, 1.807) is 25.1 Å². The van der Waals surface area contributed by atoms with Crippen LogP contribution in [0.15, 0.2) is 53.6 Å². The topological polar surface area (TPSA) is 106 Å². The largest absolute Gasteiger partial charge is 0.476 e. The Hall–Kier alpha value is -3.26. The van der Waals surface area contributed by atoms with Crippen molar-refractivity contribution in [3.63, 3.8) is 0 Å². The predicted octanol–water partition coefficient (Wildman–Crippen LogP) is 5.15. The van der Waals surface area contributed by atoms with Crippen molar-refractivity contribution in [2.24, 2.45) is 11.3 Å². The van der Waals surface area contributed by atoms with E-state index < -0.39 is 34.1 Å². The zero-order valence-electron chi connectivity index (χ0n) is 23.7. The van der Waals surface area contributed by atoms with Gasteiger partial charge in [-0.1, -0.05) is 25.1 Å². The van der Waals surface area contributed by atoms with Crippen molar-refractivity contribution < 1.29 is 31.1 Å². The van der Waals surface area contributed by atoms with Crippen molar-refractivity contribution in [1.82, 2.24) is 19.5 Å². The fourth-order valence-corrected chi connectivity index (χ4v) is 6.60. The lowest BCUT2D eigenvalue weighted by atomic mass is 9.97. The minimum Gasteiger partial charge on any atom is -0.476 e. The third kappa shape index (κ3) is 6.10. The van der Waals surface area contributed by atoms with Gasteiger partial charge in [-0.3, -0.25) is 4.79 Å². The van der Waals surface area contributed by atoms with E-state index in [1.165, 1.54) is 35.1 Å². The molecule has 1 aromatic carbocycles. The molecular formula is C28H34F3N5O4S2. The van der Waals surface area contributed by atoms with Crippen LogP contribution in [0.4, 0.5) is 19.0 Å². The van der Waals surface area contributed by atoms with Crippen LogP contribution < -0.4 is 14.4 Å².